The number of rotatable bonds is 6. The minimum Gasteiger partial charge on any atom is -0.466 e. The van der Waals surface area contributed by atoms with Crippen molar-refractivity contribution in [3.63, 3.8) is 0 Å². The molecule has 0 spiro atoms. The number of nitriles is 1. The van der Waals surface area contributed by atoms with Gasteiger partial charge in [0.15, 0.2) is 0 Å². The highest BCUT2D eigenvalue weighted by atomic mass is 35.5. The number of nitrogens with one attached hydrogen (secondary N) is 1. The Hall–Kier alpha value is -2.52. The fraction of sp³-hybridized carbons (Fsp3) is 0.421. The first kappa shape index (κ1) is 19.8. The Morgan fingerprint density at radius 2 is 2.23 bits per heavy atom. The highest BCUT2D eigenvalue weighted by Crippen LogP contribution is 2.19. The number of carbonyl (C=O) groups excluding carboxylic acids is 2. The van der Waals surface area contributed by atoms with Crippen LogP contribution in [0.25, 0.3) is 0 Å². The Morgan fingerprint density at radius 3 is 2.92 bits per heavy atom. The number of halogens is 1. The van der Waals surface area contributed by atoms with Gasteiger partial charge in [-0.15, -0.1) is 0 Å². The van der Waals surface area contributed by atoms with Gasteiger partial charge >= 0.3 is 5.97 Å². The highest BCUT2D eigenvalue weighted by Gasteiger charge is 2.26. The molecule has 0 aromatic heterocycles. The van der Waals surface area contributed by atoms with Crippen LogP contribution in [0.3, 0.4) is 0 Å². The molecule has 1 amide bonds. The van der Waals surface area contributed by atoms with Crippen LogP contribution in [0, 0.1) is 17.2 Å². The fourth-order valence-electron chi connectivity index (χ4n) is 2.81. The SMILES string of the molecule is CCOC(=O)C1CCCN(/C=C(/C#N)C(=O)NCc2ccccc2Cl)C1. The summed E-state index contributed by atoms with van der Waals surface area (Å²) < 4.78 is 5.06. The monoisotopic (exact) mass is 375 g/mol. The van der Waals surface area contributed by atoms with Gasteiger partial charge in [-0.2, -0.15) is 5.26 Å². The average Bonchev–Trinajstić information content (AvgIpc) is 2.65. The lowest BCUT2D eigenvalue weighted by atomic mass is 9.98. The molecule has 1 aromatic carbocycles. The van der Waals surface area contributed by atoms with Crippen LogP contribution in [0.5, 0.6) is 0 Å². The topological polar surface area (TPSA) is 82.4 Å². The summed E-state index contributed by atoms with van der Waals surface area (Å²) in [5, 5.41) is 12.6. The summed E-state index contributed by atoms with van der Waals surface area (Å²) in [7, 11) is 0. The van der Waals surface area contributed by atoms with E-state index in [1.807, 2.05) is 29.2 Å². The van der Waals surface area contributed by atoms with Crippen molar-refractivity contribution in [1.29, 1.82) is 5.26 Å². The Balaban J connectivity index is 1.98. The molecular weight excluding hydrogens is 354 g/mol. The van der Waals surface area contributed by atoms with E-state index in [0.29, 0.717) is 24.7 Å². The molecule has 7 heteroatoms. The molecule has 26 heavy (non-hydrogen) atoms. The molecule has 1 unspecified atom stereocenters. The molecule has 0 bridgehead atoms. The van der Waals surface area contributed by atoms with E-state index in [1.165, 1.54) is 6.20 Å². The number of piperidine rings is 1. The Bertz CT molecular complexity index is 727. The normalized spacial score (nSPS) is 17.3. The van der Waals surface area contributed by atoms with Crippen LogP contribution in [0.4, 0.5) is 0 Å². The van der Waals surface area contributed by atoms with E-state index in [9.17, 15) is 14.9 Å². The highest BCUT2D eigenvalue weighted by molar-refractivity contribution is 6.31. The molecule has 1 fully saturated rings. The summed E-state index contributed by atoms with van der Waals surface area (Å²) in [6.45, 7) is 3.50. The van der Waals surface area contributed by atoms with E-state index in [0.717, 1.165) is 18.4 Å². The predicted molar refractivity (Wildman–Crippen MR) is 97.9 cm³/mol. The van der Waals surface area contributed by atoms with Crippen molar-refractivity contribution in [3.8, 4) is 6.07 Å². The van der Waals surface area contributed by atoms with Crippen LogP contribution in [0.15, 0.2) is 36.0 Å². The zero-order chi connectivity index (χ0) is 18.9. The van der Waals surface area contributed by atoms with Gasteiger partial charge in [-0.05, 0) is 31.4 Å². The summed E-state index contributed by atoms with van der Waals surface area (Å²) in [5.74, 6) is -0.927. The standard InChI is InChI=1S/C19H22ClN3O3/c1-2-26-19(25)15-7-5-9-23(12-15)13-16(10-21)18(24)22-11-14-6-3-4-8-17(14)20/h3-4,6,8,13,15H,2,5,7,9,11-12H2,1H3,(H,22,24)/b16-13-. The van der Waals surface area contributed by atoms with Crippen LogP contribution in [-0.2, 0) is 20.9 Å². The summed E-state index contributed by atoms with van der Waals surface area (Å²) in [6.07, 6.45) is 3.08. The predicted octanol–water partition coefficient (Wildman–Crippen LogP) is 2.64. The molecule has 0 aliphatic carbocycles. The summed E-state index contributed by atoms with van der Waals surface area (Å²) in [6, 6.07) is 9.12. The fourth-order valence-corrected chi connectivity index (χ4v) is 3.01. The largest absolute Gasteiger partial charge is 0.466 e. The number of benzene rings is 1. The number of carbonyl (C=O) groups is 2. The molecule has 2 rings (SSSR count). The van der Waals surface area contributed by atoms with Crippen LogP contribution < -0.4 is 5.32 Å². The molecule has 0 saturated carbocycles. The average molecular weight is 376 g/mol. The first-order valence-electron chi connectivity index (χ1n) is 8.59. The molecule has 138 valence electrons. The van der Waals surface area contributed by atoms with Crippen molar-refractivity contribution in [2.24, 2.45) is 5.92 Å². The van der Waals surface area contributed by atoms with Crippen LogP contribution >= 0.6 is 11.6 Å². The number of nitrogens with zero attached hydrogens (tertiary/aromatic N) is 2. The van der Waals surface area contributed by atoms with Gasteiger partial charge < -0.3 is 15.0 Å². The van der Waals surface area contributed by atoms with Crippen molar-refractivity contribution in [3.05, 3.63) is 46.6 Å². The number of likely N-dealkylation sites (tertiary alicyclic amines) is 1. The number of esters is 1. The molecule has 1 aliphatic rings. The molecule has 0 radical (unpaired) electrons. The first-order valence-corrected chi connectivity index (χ1v) is 8.97. The molecule has 1 aliphatic heterocycles. The second-order valence-corrected chi connectivity index (χ2v) is 6.42. The lowest BCUT2D eigenvalue weighted by Crippen LogP contribution is -2.37. The smallest absolute Gasteiger partial charge is 0.310 e. The van der Waals surface area contributed by atoms with Gasteiger partial charge in [0.25, 0.3) is 5.91 Å². The van der Waals surface area contributed by atoms with Crippen LogP contribution in [0.2, 0.25) is 5.02 Å². The van der Waals surface area contributed by atoms with E-state index in [1.54, 1.807) is 13.0 Å². The van der Waals surface area contributed by atoms with Gasteiger partial charge in [0.05, 0.1) is 12.5 Å². The Labute approximate surface area is 158 Å². The number of hydrogen-bond acceptors (Lipinski definition) is 5. The summed E-state index contributed by atoms with van der Waals surface area (Å²) in [4.78, 5) is 26.0. The second kappa shape index (κ2) is 9.83. The van der Waals surface area contributed by atoms with Gasteiger partial charge in [0.1, 0.15) is 11.6 Å². The number of ether oxygens (including phenoxy) is 1. The molecule has 1 N–H and O–H groups in total. The van der Waals surface area contributed by atoms with Crippen LogP contribution in [0.1, 0.15) is 25.3 Å². The van der Waals surface area contributed by atoms with Crippen LogP contribution in [-0.4, -0.2) is 36.5 Å². The van der Waals surface area contributed by atoms with E-state index >= 15 is 0 Å². The number of hydrogen-bond donors (Lipinski definition) is 1. The lowest BCUT2D eigenvalue weighted by molar-refractivity contribution is -0.149. The molecule has 1 saturated heterocycles. The van der Waals surface area contributed by atoms with Crippen molar-refractivity contribution in [2.45, 2.75) is 26.3 Å². The minimum absolute atomic E-state index is 0.00145. The van der Waals surface area contributed by atoms with Crippen molar-refractivity contribution < 1.29 is 14.3 Å². The zero-order valence-electron chi connectivity index (χ0n) is 14.7. The third-order valence-corrected chi connectivity index (χ3v) is 4.52. The maximum Gasteiger partial charge on any atom is 0.310 e. The van der Waals surface area contributed by atoms with E-state index in [-0.39, 0.29) is 24.0 Å². The Morgan fingerprint density at radius 1 is 1.46 bits per heavy atom. The second-order valence-electron chi connectivity index (χ2n) is 6.01. The lowest BCUT2D eigenvalue weighted by Gasteiger charge is -2.30. The van der Waals surface area contributed by atoms with Gasteiger partial charge in [0.2, 0.25) is 0 Å². The minimum atomic E-state index is -0.467. The quantitative estimate of drug-likeness (QED) is 0.469. The summed E-state index contributed by atoms with van der Waals surface area (Å²) in [5.41, 5.74) is 0.779. The maximum absolute atomic E-state index is 12.3. The van der Waals surface area contributed by atoms with Crippen molar-refractivity contribution in [1.82, 2.24) is 10.2 Å². The van der Waals surface area contributed by atoms with Gasteiger partial charge in [-0.3, -0.25) is 9.59 Å². The van der Waals surface area contributed by atoms with Gasteiger partial charge in [-0.1, -0.05) is 29.8 Å². The third kappa shape index (κ3) is 5.50. The van der Waals surface area contributed by atoms with E-state index in [4.69, 9.17) is 16.3 Å². The molecule has 1 aromatic rings. The first-order chi connectivity index (χ1) is 12.5. The zero-order valence-corrected chi connectivity index (χ0v) is 15.5. The molecular formula is C19H22ClN3O3. The Kier molecular flexibility index (Phi) is 7.49. The van der Waals surface area contributed by atoms with E-state index < -0.39 is 5.91 Å². The summed E-state index contributed by atoms with van der Waals surface area (Å²) >= 11 is 6.07. The van der Waals surface area contributed by atoms with Gasteiger partial charge in [-0.25, -0.2) is 0 Å². The maximum atomic E-state index is 12.3. The van der Waals surface area contributed by atoms with Gasteiger partial charge in [0, 0.05) is 30.9 Å². The number of amides is 1. The third-order valence-electron chi connectivity index (χ3n) is 4.15. The molecule has 6 nitrogen and oxygen atoms in total. The van der Waals surface area contributed by atoms with Crippen molar-refractivity contribution in [2.75, 3.05) is 19.7 Å². The molecule has 1 heterocycles. The molecule has 1 atom stereocenters. The van der Waals surface area contributed by atoms with Crippen molar-refractivity contribution >= 4 is 23.5 Å². The van der Waals surface area contributed by atoms with E-state index in [2.05, 4.69) is 5.32 Å².